The number of aromatic nitrogens is 2. The predicted molar refractivity (Wildman–Crippen MR) is 58.6 cm³/mol. The van der Waals surface area contributed by atoms with Crippen molar-refractivity contribution in [1.29, 1.82) is 0 Å². The van der Waals surface area contributed by atoms with Crippen molar-refractivity contribution >= 4 is 11.6 Å². The van der Waals surface area contributed by atoms with E-state index in [-0.39, 0.29) is 11.3 Å². The quantitative estimate of drug-likeness (QED) is 0.880. The Kier molecular flexibility index (Phi) is 2.84. The molecule has 1 saturated heterocycles. The first-order chi connectivity index (χ1) is 8.33. The third-order valence-electron chi connectivity index (χ3n) is 2.44. The maximum Gasteiger partial charge on any atom is 0.293 e. The lowest BCUT2D eigenvalue weighted by Gasteiger charge is -2.20. The lowest BCUT2D eigenvalue weighted by atomic mass is 10.3. The summed E-state index contributed by atoms with van der Waals surface area (Å²) in [5, 5.41) is 7.35. The normalized spacial score (nSPS) is 20.6. The summed E-state index contributed by atoms with van der Waals surface area (Å²) in [7, 11) is 0. The summed E-state index contributed by atoms with van der Waals surface area (Å²) in [4.78, 5) is 4.22. The number of halogens is 1. The van der Waals surface area contributed by atoms with Crippen LogP contribution in [-0.2, 0) is 4.74 Å². The molecule has 17 heavy (non-hydrogen) atoms. The Morgan fingerprint density at radius 3 is 3.06 bits per heavy atom. The molecule has 0 spiro atoms. The van der Waals surface area contributed by atoms with E-state index in [1.165, 1.54) is 0 Å². The summed E-state index contributed by atoms with van der Waals surface area (Å²) < 4.78 is 15.8. The van der Waals surface area contributed by atoms with Crippen LogP contribution in [0.4, 0.5) is 0 Å². The Balaban J connectivity index is 1.82. The lowest BCUT2D eigenvalue weighted by Crippen LogP contribution is -2.33. The van der Waals surface area contributed by atoms with Gasteiger partial charge in [0.25, 0.3) is 5.89 Å². The molecule has 1 atom stereocenters. The van der Waals surface area contributed by atoms with E-state index >= 15 is 0 Å². The van der Waals surface area contributed by atoms with Gasteiger partial charge in [0.1, 0.15) is 6.10 Å². The molecule has 0 aliphatic carbocycles. The molecule has 6 nitrogen and oxygen atoms in total. The zero-order valence-corrected chi connectivity index (χ0v) is 9.61. The fraction of sp³-hybridized carbons (Fsp3) is 0.400. The van der Waals surface area contributed by atoms with E-state index < -0.39 is 0 Å². The van der Waals surface area contributed by atoms with Gasteiger partial charge in [-0.2, -0.15) is 4.98 Å². The molecular weight excluding hydrogens is 246 g/mol. The molecule has 0 amide bonds. The van der Waals surface area contributed by atoms with Gasteiger partial charge in [0.15, 0.2) is 11.0 Å². The van der Waals surface area contributed by atoms with Crippen molar-refractivity contribution in [2.24, 2.45) is 0 Å². The maximum atomic E-state index is 5.67. The van der Waals surface area contributed by atoms with Gasteiger partial charge in [-0.15, -0.1) is 0 Å². The standard InChI is InChI=1S/C10H10ClN3O3/c11-8-2-1-6(16-8)10-13-9(14-17-10)7-5-12-3-4-15-7/h1-2,7,12H,3-5H2. The smallest absolute Gasteiger partial charge is 0.293 e. The minimum Gasteiger partial charge on any atom is -0.440 e. The van der Waals surface area contributed by atoms with Gasteiger partial charge in [0, 0.05) is 13.1 Å². The number of nitrogens with one attached hydrogen (secondary N) is 1. The zero-order chi connectivity index (χ0) is 11.7. The van der Waals surface area contributed by atoms with E-state index in [9.17, 15) is 0 Å². The highest BCUT2D eigenvalue weighted by Gasteiger charge is 2.22. The van der Waals surface area contributed by atoms with Crippen LogP contribution in [0.25, 0.3) is 11.7 Å². The van der Waals surface area contributed by atoms with Crippen molar-refractivity contribution in [3.8, 4) is 11.7 Å². The fourth-order valence-electron chi connectivity index (χ4n) is 1.63. The molecule has 7 heteroatoms. The third-order valence-corrected chi connectivity index (χ3v) is 2.64. The van der Waals surface area contributed by atoms with Crippen molar-refractivity contribution < 1.29 is 13.7 Å². The van der Waals surface area contributed by atoms with Crippen LogP contribution in [0.1, 0.15) is 11.9 Å². The Hall–Kier alpha value is -1.37. The van der Waals surface area contributed by atoms with Gasteiger partial charge in [-0.3, -0.25) is 0 Å². The number of nitrogens with zero attached hydrogens (tertiary/aromatic N) is 2. The van der Waals surface area contributed by atoms with Gasteiger partial charge in [-0.1, -0.05) is 5.16 Å². The average molecular weight is 256 g/mol. The van der Waals surface area contributed by atoms with Crippen molar-refractivity contribution in [3.05, 3.63) is 23.2 Å². The van der Waals surface area contributed by atoms with Crippen LogP contribution in [0.15, 0.2) is 21.1 Å². The second kappa shape index (κ2) is 4.48. The van der Waals surface area contributed by atoms with E-state index in [2.05, 4.69) is 15.5 Å². The Labute approximate surface area is 102 Å². The second-order valence-corrected chi connectivity index (χ2v) is 4.00. The van der Waals surface area contributed by atoms with Crippen molar-refractivity contribution in [3.63, 3.8) is 0 Å². The lowest BCUT2D eigenvalue weighted by molar-refractivity contribution is 0.0208. The number of hydrogen-bond acceptors (Lipinski definition) is 6. The molecule has 1 aliphatic heterocycles. The van der Waals surface area contributed by atoms with E-state index in [0.29, 0.717) is 30.6 Å². The van der Waals surface area contributed by atoms with Crippen LogP contribution in [0.2, 0.25) is 5.22 Å². The van der Waals surface area contributed by atoms with Crippen molar-refractivity contribution in [2.75, 3.05) is 19.7 Å². The van der Waals surface area contributed by atoms with E-state index in [0.717, 1.165) is 6.54 Å². The second-order valence-electron chi connectivity index (χ2n) is 3.63. The Morgan fingerprint density at radius 2 is 2.35 bits per heavy atom. The van der Waals surface area contributed by atoms with E-state index in [1.807, 2.05) is 0 Å². The van der Waals surface area contributed by atoms with Crippen molar-refractivity contribution in [1.82, 2.24) is 15.5 Å². The molecule has 1 N–H and O–H groups in total. The van der Waals surface area contributed by atoms with Gasteiger partial charge >= 0.3 is 0 Å². The molecule has 90 valence electrons. The molecule has 1 aliphatic rings. The molecule has 1 fully saturated rings. The first kappa shape index (κ1) is 10.8. The maximum absolute atomic E-state index is 5.67. The molecule has 2 aromatic rings. The number of rotatable bonds is 2. The molecule has 3 rings (SSSR count). The highest BCUT2D eigenvalue weighted by atomic mass is 35.5. The predicted octanol–water partition coefficient (Wildman–Crippen LogP) is 1.64. The van der Waals surface area contributed by atoms with E-state index in [1.54, 1.807) is 12.1 Å². The highest BCUT2D eigenvalue weighted by Crippen LogP contribution is 2.25. The largest absolute Gasteiger partial charge is 0.440 e. The molecule has 0 aromatic carbocycles. The van der Waals surface area contributed by atoms with Crippen LogP contribution in [-0.4, -0.2) is 29.8 Å². The Bertz CT molecular complexity index is 504. The van der Waals surface area contributed by atoms with Crippen LogP contribution in [0.5, 0.6) is 0 Å². The molecular formula is C10H10ClN3O3. The summed E-state index contributed by atoms with van der Waals surface area (Å²) in [6, 6.07) is 3.30. The first-order valence-electron chi connectivity index (χ1n) is 5.24. The van der Waals surface area contributed by atoms with Gasteiger partial charge in [0.2, 0.25) is 5.82 Å². The van der Waals surface area contributed by atoms with Gasteiger partial charge in [0.05, 0.1) is 6.61 Å². The minimum absolute atomic E-state index is 0.174. The summed E-state index contributed by atoms with van der Waals surface area (Å²) in [6.45, 7) is 2.16. The molecule has 3 heterocycles. The molecule has 0 saturated carbocycles. The number of morpholine rings is 1. The zero-order valence-electron chi connectivity index (χ0n) is 8.85. The van der Waals surface area contributed by atoms with Crippen LogP contribution in [0.3, 0.4) is 0 Å². The number of furan rings is 1. The minimum atomic E-state index is -0.174. The summed E-state index contributed by atoms with van der Waals surface area (Å²) in [5.74, 6) is 1.28. The van der Waals surface area contributed by atoms with E-state index in [4.69, 9.17) is 25.3 Å². The summed E-state index contributed by atoms with van der Waals surface area (Å²) in [5.41, 5.74) is 0. The molecule has 0 bridgehead atoms. The summed E-state index contributed by atoms with van der Waals surface area (Å²) in [6.07, 6.45) is -0.174. The SMILES string of the molecule is Clc1ccc(-c2nc(C3CNCCO3)no2)o1. The molecule has 0 radical (unpaired) electrons. The van der Waals surface area contributed by atoms with Gasteiger partial charge < -0.3 is 19.0 Å². The van der Waals surface area contributed by atoms with Gasteiger partial charge in [-0.25, -0.2) is 0 Å². The first-order valence-corrected chi connectivity index (χ1v) is 5.62. The van der Waals surface area contributed by atoms with Crippen LogP contribution < -0.4 is 5.32 Å². The van der Waals surface area contributed by atoms with Crippen molar-refractivity contribution in [2.45, 2.75) is 6.10 Å². The third kappa shape index (κ3) is 2.19. The average Bonchev–Trinajstić information content (AvgIpc) is 2.98. The van der Waals surface area contributed by atoms with Gasteiger partial charge in [-0.05, 0) is 23.7 Å². The fourth-order valence-corrected chi connectivity index (χ4v) is 1.77. The Morgan fingerprint density at radius 1 is 1.41 bits per heavy atom. The number of hydrogen-bond donors (Lipinski definition) is 1. The van der Waals surface area contributed by atoms with Crippen LogP contribution >= 0.6 is 11.6 Å². The monoisotopic (exact) mass is 255 g/mol. The number of ether oxygens (including phenoxy) is 1. The molecule has 1 unspecified atom stereocenters. The summed E-state index contributed by atoms with van der Waals surface area (Å²) >= 11 is 5.67. The highest BCUT2D eigenvalue weighted by molar-refractivity contribution is 6.28. The molecule has 2 aromatic heterocycles. The topological polar surface area (TPSA) is 73.3 Å². The van der Waals surface area contributed by atoms with Crippen LogP contribution in [0, 0.1) is 0 Å².